The summed E-state index contributed by atoms with van der Waals surface area (Å²) < 4.78 is 49.9. The predicted octanol–water partition coefficient (Wildman–Crippen LogP) is 4.46. The van der Waals surface area contributed by atoms with Crippen LogP contribution in [0.25, 0.3) is 0 Å². The first-order chi connectivity index (χ1) is 14.0. The molecular formula is C21H36F3N3O4. The number of carbonyl (C=O) groups excluding carboxylic acids is 2. The largest absolute Gasteiger partial charge is 0.461 e. The third-order valence-electron chi connectivity index (χ3n) is 3.97. The Balaban J connectivity index is 6.36. The summed E-state index contributed by atoms with van der Waals surface area (Å²) in [5, 5.41) is 0. The second-order valence-corrected chi connectivity index (χ2v) is 8.44. The summed E-state index contributed by atoms with van der Waals surface area (Å²) in [6.45, 7) is 11.8. The first-order valence-electron chi connectivity index (χ1n) is 10.3. The number of ether oxygens (including phenoxy) is 2. The standard InChI is InChI=1S/C21H36F3N3O4/c1-9-16(26-13(3)4)15(17(25)18(28)30-10-2)12-27(11-14(5)21(22,23)24)19(29)31-20(6,7)8/h13-14H,9-12,25H2,1-8H3/b17-15-,26-16?/t14-/m1/s1. The van der Waals surface area contributed by atoms with Crippen molar-refractivity contribution in [3.63, 3.8) is 0 Å². The van der Waals surface area contributed by atoms with Crippen LogP contribution in [0.1, 0.15) is 61.8 Å². The molecule has 0 saturated heterocycles. The lowest BCUT2D eigenvalue weighted by Gasteiger charge is -2.31. The fraction of sp³-hybridized carbons (Fsp3) is 0.762. The zero-order chi connectivity index (χ0) is 24.6. The Morgan fingerprint density at radius 3 is 2.03 bits per heavy atom. The Morgan fingerprint density at radius 2 is 1.65 bits per heavy atom. The Kier molecular flexibility index (Phi) is 11.1. The number of hydrogen-bond donors (Lipinski definition) is 1. The van der Waals surface area contributed by atoms with Crippen LogP contribution < -0.4 is 5.73 Å². The molecule has 0 aliphatic rings. The highest BCUT2D eigenvalue weighted by Gasteiger charge is 2.39. The van der Waals surface area contributed by atoms with Gasteiger partial charge in [0.2, 0.25) is 0 Å². The lowest BCUT2D eigenvalue weighted by atomic mass is 10.0. The average Bonchev–Trinajstić information content (AvgIpc) is 2.60. The molecule has 1 atom stereocenters. The molecule has 0 rings (SSSR count). The monoisotopic (exact) mass is 451 g/mol. The number of rotatable bonds is 9. The van der Waals surface area contributed by atoms with Crippen LogP contribution in [0.15, 0.2) is 16.3 Å². The molecule has 2 N–H and O–H groups in total. The molecule has 0 saturated carbocycles. The minimum Gasteiger partial charge on any atom is -0.461 e. The van der Waals surface area contributed by atoms with Crippen molar-refractivity contribution in [2.45, 2.75) is 79.6 Å². The van der Waals surface area contributed by atoms with Crippen LogP contribution in [-0.4, -0.2) is 60.2 Å². The smallest absolute Gasteiger partial charge is 0.410 e. The molecule has 0 spiro atoms. The van der Waals surface area contributed by atoms with Crippen molar-refractivity contribution in [1.29, 1.82) is 0 Å². The summed E-state index contributed by atoms with van der Waals surface area (Å²) in [4.78, 5) is 30.3. The molecule has 0 bridgehead atoms. The quantitative estimate of drug-likeness (QED) is 0.317. The fourth-order valence-corrected chi connectivity index (χ4v) is 2.51. The maximum atomic E-state index is 13.2. The maximum absolute atomic E-state index is 13.2. The molecule has 31 heavy (non-hydrogen) atoms. The lowest BCUT2D eigenvalue weighted by molar-refractivity contribution is -0.172. The molecule has 0 radical (unpaired) electrons. The van der Waals surface area contributed by atoms with Crippen molar-refractivity contribution in [3.8, 4) is 0 Å². The van der Waals surface area contributed by atoms with Gasteiger partial charge in [-0.05, 0) is 48.0 Å². The van der Waals surface area contributed by atoms with E-state index in [2.05, 4.69) is 4.99 Å². The number of nitrogens with two attached hydrogens (primary N) is 1. The van der Waals surface area contributed by atoms with E-state index < -0.39 is 36.3 Å². The Morgan fingerprint density at radius 1 is 1.10 bits per heavy atom. The number of amides is 1. The Labute approximate surface area is 182 Å². The molecule has 180 valence electrons. The molecular weight excluding hydrogens is 415 g/mol. The molecule has 0 fully saturated rings. The Hall–Kier alpha value is -2.26. The molecule has 10 heteroatoms. The van der Waals surface area contributed by atoms with E-state index in [1.54, 1.807) is 34.6 Å². The number of hydrogen-bond acceptors (Lipinski definition) is 6. The average molecular weight is 452 g/mol. The van der Waals surface area contributed by atoms with Crippen molar-refractivity contribution in [3.05, 3.63) is 11.3 Å². The van der Waals surface area contributed by atoms with Gasteiger partial charge in [0.15, 0.2) is 0 Å². The SMILES string of the molecule is CCOC(=O)/C(N)=C(\CN(C[C@@H](C)C(F)(F)F)C(=O)OC(C)(C)C)C(CC)=NC(C)C. The van der Waals surface area contributed by atoms with Crippen LogP contribution in [0, 0.1) is 5.92 Å². The second kappa shape index (κ2) is 12.0. The second-order valence-electron chi connectivity index (χ2n) is 8.44. The van der Waals surface area contributed by atoms with E-state index in [0.717, 1.165) is 11.8 Å². The zero-order valence-corrected chi connectivity index (χ0v) is 19.7. The molecule has 0 aromatic heterocycles. The van der Waals surface area contributed by atoms with E-state index >= 15 is 0 Å². The molecule has 7 nitrogen and oxygen atoms in total. The maximum Gasteiger partial charge on any atom is 0.410 e. The van der Waals surface area contributed by atoms with E-state index in [1.807, 2.05) is 13.8 Å². The van der Waals surface area contributed by atoms with E-state index in [0.29, 0.717) is 12.1 Å². The van der Waals surface area contributed by atoms with Crippen LogP contribution in [0.4, 0.5) is 18.0 Å². The molecule has 1 amide bonds. The van der Waals surface area contributed by atoms with Crippen molar-refractivity contribution in [1.82, 2.24) is 4.90 Å². The minimum atomic E-state index is -4.52. The van der Waals surface area contributed by atoms with Gasteiger partial charge in [-0.25, -0.2) is 9.59 Å². The van der Waals surface area contributed by atoms with Gasteiger partial charge in [0.05, 0.1) is 19.1 Å². The molecule has 0 heterocycles. The summed E-state index contributed by atoms with van der Waals surface area (Å²) in [6, 6.07) is -0.163. The third-order valence-corrected chi connectivity index (χ3v) is 3.97. The topological polar surface area (TPSA) is 94.2 Å². The van der Waals surface area contributed by atoms with Gasteiger partial charge >= 0.3 is 18.2 Å². The van der Waals surface area contributed by atoms with Crippen molar-refractivity contribution in [2.75, 3.05) is 19.7 Å². The van der Waals surface area contributed by atoms with Crippen LogP contribution in [0.2, 0.25) is 0 Å². The predicted molar refractivity (Wildman–Crippen MR) is 114 cm³/mol. The summed E-state index contributed by atoms with van der Waals surface area (Å²) >= 11 is 0. The van der Waals surface area contributed by atoms with Gasteiger partial charge in [-0.15, -0.1) is 0 Å². The first-order valence-corrected chi connectivity index (χ1v) is 10.3. The summed E-state index contributed by atoms with van der Waals surface area (Å²) in [7, 11) is 0. The van der Waals surface area contributed by atoms with Gasteiger partial charge in [0, 0.05) is 23.9 Å². The number of esters is 1. The zero-order valence-electron chi connectivity index (χ0n) is 19.7. The van der Waals surface area contributed by atoms with Gasteiger partial charge in [-0.1, -0.05) is 13.8 Å². The van der Waals surface area contributed by atoms with E-state index in [-0.39, 0.29) is 30.5 Å². The number of nitrogens with zero attached hydrogens (tertiary/aromatic N) is 2. The van der Waals surface area contributed by atoms with Crippen LogP contribution in [0.3, 0.4) is 0 Å². The normalized spacial score (nSPS) is 14.8. The van der Waals surface area contributed by atoms with Crippen molar-refractivity contribution in [2.24, 2.45) is 16.6 Å². The number of halogens is 3. The first kappa shape index (κ1) is 28.7. The van der Waals surface area contributed by atoms with Gasteiger partial charge < -0.3 is 20.1 Å². The van der Waals surface area contributed by atoms with E-state index in [1.165, 1.54) is 0 Å². The lowest BCUT2D eigenvalue weighted by Crippen LogP contribution is -2.44. The highest BCUT2D eigenvalue weighted by Crippen LogP contribution is 2.27. The highest BCUT2D eigenvalue weighted by atomic mass is 19.4. The summed E-state index contributed by atoms with van der Waals surface area (Å²) in [5.41, 5.74) is 5.36. The van der Waals surface area contributed by atoms with Gasteiger partial charge in [-0.2, -0.15) is 13.2 Å². The van der Waals surface area contributed by atoms with Gasteiger partial charge in [0.25, 0.3) is 0 Å². The number of aliphatic imine (C=N–C) groups is 1. The van der Waals surface area contributed by atoms with Crippen molar-refractivity contribution < 1.29 is 32.2 Å². The molecule has 0 unspecified atom stereocenters. The van der Waals surface area contributed by atoms with Crippen molar-refractivity contribution >= 4 is 17.8 Å². The van der Waals surface area contributed by atoms with Gasteiger partial charge in [-0.3, -0.25) is 4.99 Å². The van der Waals surface area contributed by atoms with Crippen LogP contribution in [-0.2, 0) is 14.3 Å². The summed E-state index contributed by atoms with van der Waals surface area (Å²) in [6.07, 6.45) is -5.11. The van der Waals surface area contributed by atoms with Gasteiger partial charge in [0.1, 0.15) is 11.3 Å². The fourth-order valence-electron chi connectivity index (χ4n) is 2.51. The Bertz CT molecular complexity index is 680. The van der Waals surface area contributed by atoms with E-state index in [9.17, 15) is 22.8 Å². The number of alkyl halides is 3. The molecule has 0 aliphatic heterocycles. The van der Waals surface area contributed by atoms with Crippen LogP contribution in [0.5, 0.6) is 0 Å². The molecule has 0 aromatic carbocycles. The van der Waals surface area contributed by atoms with Crippen LogP contribution >= 0.6 is 0 Å². The summed E-state index contributed by atoms with van der Waals surface area (Å²) in [5.74, 6) is -2.65. The van der Waals surface area contributed by atoms with E-state index in [4.69, 9.17) is 15.2 Å². The number of carbonyl (C=O) groups is 2. The minimum absolute atomic E-state index is 0.0660. The molecule has 0 aromatic rings. The molecule has 0 aliphatic carbocycles. The third kappa shape index (κ3) is 10.5. The highest BCUT2D eigenvalue weighted by molar-refractivity contribution is 6.07.